The number of esters is 1. The van der Waals surface area contributed by atoms with Crippen molar-refractivity contribution in [1.29, 1.82) is 0 Å². The van der Waals surface area contributed by atoms with Crippen LogP contribution in [0.25, 0.3) is 0 Å². The van der Waals surface area contributed by atoms with Crippen LogP contribution in [0.5, 0.6) is 0 Å². The second-order valence-electron chi connectivity index (χ2n) is 7.16. The van der Waals surface area contributed by atoms with Gasteiger partial charge in [0, 0.05) is 19.6 Å². The summed E-state index contributed by atoms with van der Waals surface area (Å²) in [6.07, 6.45) is 2.05. The number of nitrogens with two attached hydrogens (primary N) is 1. The Bertz CT molecular complexity index is 715. The second kappa shape index (κ2) is 13.4. The first-order chi connectivity index (χ1) is 13.9. The number of piperidine rings is 1. The van der Waals surface area contributed by atoms with Crippen molar-refractivity contribution in [2.75, 3.05) is 32.8 Å². The molecule has 1 amide bonds. The van der Waals surface area contributed by atoms with Crippen molar-refractivity contribution in [3.05, 3.63) is 35.6 Å². The molecule has 1 saturated heterocycles. The molecule has 1 fully saturated rings. The molecule has 1 aliphatic heterocycles. The number of carbonyl (C=O) groups excluding carboxylic acids is 2. The number of amides is 1. The molecule has 168 valence electrons. The number of nitrogens with zero attached hydrogens (tertiary/aromatic N) is 2. The molecule has 0 bridgehead atoms. The minimum atomic E-state index is -0.500. The van der Waals surface area contributed by atoms with Gasteiger partial charge in [0.15, 0.2) is 5.96 Å². The number of hydrogen-bond donors (Lipinski definition) is 2. The van der Waals surface area contributed by atoms with Crippen molar-refractivity contribution < 1.29 is 18.7 Å². The highest BCUT2D eigenvalue weighted by Gasteiger charge is 2.28. The van der Waals surface area contributed by atoms with Crippen LogP contribution >= 0.6 is 24.0 Å². The van der Waals surface area contributed by atoms with Crippen molar-refractivity contribution >= 4 is 41.8 Å². The molecule has 0 aromatic heterocycles. The molecule has 1 aliphatic rings. The molecule has 7 nitrogen and oxygen atoms in total. The second-order valence-corrected chi connectivity index (χ2v) is 7.16. The highest BCUT2D eigenvalue weighted by molar-refractivity contribution is 14.0. The molecular weight excluding hydrogens is 502 g/mol. The monoisotopic (exact) mass is 534 g/mol. The summed E-state index contributed by atoms with van der Waals surface area (Å²) in [5, 5.41) is 3.23. The molecule has 0 saturated carbocycles. The normalized spacial score (nSPS) is 17.6. The molecule has 0 radical (unpaired) electrons. The van der Waals surface area contributed by atoms with Gasteiger partial charge in [-0.05, 0) is 50.8 Å². The van der Waals surface area contributed by atoms with Crippen LogP contribution in [-0.2, 0) is 20.7 Å². The molecule has 1 aromatic rings. The first-order valence-electron chi connectivity index (χ1n) is 10.2. The Kier molecular flexibility index (Phi) is 11.7. The quantitative estimate of drug-likeness (QED) is 0.231. The maximum atomic E-state index is 13.1. The maximum absolute atomic E-state index is 13.1. The van der Waals surface area contributed by atoms with E-state index in [0.717, 1.165) is 24.9 Å². The summed E-state index contributed by atoms with van der Waals surface area (Å²) in [4.78, 5) is 30.7. The van der Waals surface area contributed by atoms with Crippen molar-refractivity contribution in [2.24, 2.45) is 22.6 Å². The summed E-state index contributed by atoms with van der Waals surface area (Å²) in [5.74, 6) is -0.972. The van der Waals surface area contributed by atoms with E-state index in [4.69, 9.17) is 10.5 Å². The van der Waals surface area contributed by atoms with E-state index in [2.05, 4.69) is 10.3 Å². The molecule has 30 heavy (non-hydrogen) atoms. The third-order valence-corrected chi connectivity index (χ3v) is 4.93. The number of benzene rings is 1. The lowest BCUT2D eigenvalue weighted by molar-refractivity contribution is -0.149. The zero-order valence-electron chi connectivity index (χ0n) is 17.6. The number of primary amides is 1. The standard InChI is InChI=1S/C21H31FN4O3.HI/c1-3-24-21(26-11-5-6-16(14-26)20(28)29-4-2)25-13-17(19(23)27)12-15-7-9-18(22)10-8-15;/h7-10,16-17H,3-6,11-14H2,1-2H3,(H2,23,27)(H,24,25);1H/t16-,17?;/m0./s1. The summed E-state index contributed by atoms with van der Waals surface area (Å²) in [7, 11) is 0. The van der Waals surface area contributed by atoms with Crippen molar-refractivity contribution in [3.8, 4) is 0 Å². The molecule has 1 unspecified atom stereocenters. The van der Waals surface area contributed by atoms with E-state index >= 15 is 0 Å². The number of guanidine groups is 1. The predicted molar refractivity (Wildman–Crippen MR) is 125 cm³/mol. The van der Waals surface area contributed by atoms with Crippen LogP contribution in [0.3, 0.4) is 0 Å². The fraction of sp³-hybridized carbons (Fsp3) is 0.571. The van der Waals surface area contributed by atoms with Gasteiger partial charge in [-0.25, -0.2) is 4.39 Å². The van der Waals surface area contributed by atoms with Crippen LogP contribution in [0.4, 0.5) is 4.39 Å². The first-order valence-corrected chi connectivity index (χ1v) is 10.2. The van der Waals surface area contributed by atoms with E-state index in [-0.39, 0.29) is 48.2 Å². The third kappa shape index (κ3) is 8.08. The molecule has 2 rings (SSSR count). The lowest BCUT2D eigenvalue weighted by Gasteiger charge is -2.34. The van der Waals surface area contributed by atoms with Crippen LogP contribution in [0.2, 0.25) is 0 Å². The fourth-order valence-electron chi connectivity index (χ4n) is 3.40. The topological polar surface area (TPSA) is 97.0 Å². The number of carbonyl (C=O) groups is 2. The van der Waals surface area contributed by atoms with Crippen LogP contribution in [0.15, 0.2) is 29.3 Å². The summed E-state index contributed by atoms with van der Waals surface area (Å²) >= 11 is 0. The van der Waals surface area contributed by atoms with Crippen LogP contribution in [0.1, 0.15) is 32.3 Å². The van der Waals surface area contributed by atoms with E-state index < -0.39 is 11.8 Å². The SMILES string of the molecule is CCNC(=NCC(Cc1ccc(F)cc1)C(N)=O)N1CCC[C@H](C(=O)OCC)C1.I. The lowest BCUT2D eigenvalue weighted by Crippen LogP contribution is -2.48. The average Bonchev–Trinajstić information content (AvgIpc) is 2.71. The lowest BCUT2D eigenvalue weighted by atomic mass is 9.98. The van der Waals surface area contributed by atoms with Crippen LogP contribution in [0, 0.1) is 17.7 Å². The maximum Gasteiger partial charge on any atom is 0.310 e. The number of ether oxygens (including phenoxy) is 1. The number of aliphatic imine (C=N–C) groups is 1. The Morgan fingerprint density at radius 1 is 1.33 bits per heavy atom. The van der Waals surface area contributed by atoms with Gasteiger partial charge in [0.05, 0.1) is 25.0 Å². The Balaban J connectivity index is 0.00000450. The molecule has 3 N–H and O–H groups in total. The first kappa shape index (κ1) is 26.1. The Hall–Kier alpha value is -1.91. The van der Waals surface area contributed by atoms with Gasteiger partial charge < -0.3 is 20.7 Å². The number of rotatable bonds is 8. The third-order valence-electron chi connectivity index (χ3n) is 4.93. The van der Waals surface area contributed by atoms with Crippen LogP contribution < -0.4 is 11.1 Å². The molecule has 1 aromatic carbocycles. The largest absolute Gasteiger partial charge is 0.466 e. The number of halogens is 2. The number of hydrogen-bond acceptors (Lipinski definition) is 4. The zero-order valence-corrected chi connectivity index (χ0v) is 19.9. The average molecular weight is 534 g/mol. The molecular formula is C21H32FIN4O3. The highest BCUT2D eigenvalue weighted by atomic mass is 127. The van der Waals surface area contributed by atoms with E-state index in [1.807, 2.05) is 11.8 Å². The van der Waals surface area contributed by atoms with Crippen molar-refractivity contribution in [1.82, 2.24) is 10.2 Å². The van der Waals surface area contributed by atoms with Gasteiger partial charge in [0.25, 0.3) is 0 Å². The zero-order chi connectivity index (χ0) is 21.2. The van der Waals surface area contributed by atoms with Crippen molar-refractivity contribution in [3.63, 3.8) is 0 Å². The van der Waals surface area contributed by atoms with Gasteiger partial charge in [-0.2, -0.15) is 0 Å². The fourth-order valence-corrected chi connectivity index (χ4v) is 3.40. The Morgan fingerprint density at radius 3 is 2.63 bits per heavy atom. The molecule has 9 heteroatoms. The van der Waals surface area contributed by atoms with E-state index in [1.165, 1.54) is 12.1 Å². The Morgan fingerprint density at radius 2 is 2.03 bits per heavy atom. The summed E-state index contributed by atoms with van der Waals surface area (Å²) in [5.41, 5.74) is 6.40. The smallest absolute Gasteiger partial charge is 0.310 e. The van der Waals surface area contributed by atoms with Gasteiger partial charge in [-0.1, -0.05) is 12.1 Å². The summed E-state index contributed by atoms with van der Waals surface area (Å²) in [6, 6.07) is 6.03. The van der Waals surface area contributed by atoms with Gasteiger partial charge in [0.1, 0.15) is 5.82 Å². The van der Waals surface area contributed by atoms with E-state index in [0.29, 0.717) is 32.1 Å². The summed E-state index contributed by atoms with van der Waals surface area (Å²) < 4.78 is 18.3. The van der Waals surface area contributed by atoms with Crippen LogP contribution in [-0.4, -0.2) is 55.5 Å². The minimum absolute atomic E-state index is 0. The number of likely N-dealkylation sites (tertiary alicyclic amines) is 1. The highest BCUT2D eigenvalue weighted by Crippen LogP contribution is 2.18. The minimum Gasteiger partial charge on any atom is -0.466 e. The Labute approximate surface area is 194 Å². The van der Waals surface area contributed by atoms with E-state index in [9.17, 15) is 14.0 Å². The molecule has 0 spiro atoms. The molecule has 1 heterocycles. The number of nitrogens with one attached hydrogen (secondary N) is 1. The van der Waals surface area contributed by atoms with Gasteiger partial charge in [-0.3, -0.25) is 14.6 Å². The predicted octanol–water partition coefficient (Wildman–Crippen LogP) is 2.33. The van der Waals surface area contributed by atoms with E-state index in [1.54, 1.807) is 19.1 Å². The van der Waals surface area contributed by atoms with Gasteiger partial charge in [0.2, 0.25) is 5.91 Å². The van der Waals surface area contributed by atoms with Crippen molar-refractivity contribution in [2.45, 2.75) is 33.1 Å². The molecule has 0 aliphatic carbocycles. The van der Waals surface area contributed by atoms with Gasteiger partial charge in [-0.15, -0.1) is 24.0 Å². The molecule has 2 atom stereocenters. The summed E-state index contributed by atoms with van der Waals surface area (Å²) in [6.45, 7) is 6.33. The van der Waals surface area contributed by atoms with Gasteiger partial charge >= 0.3 is 5.97 Å².